The molecule has 0 bridgehead atoms. The van der Waals surface area contributed by atoms with Gasteiger partial charge in [-0.3, -0.25) is 4.99 Å². The van der Waals surface area contributed by atoms with E-state index in [4.69, 9.17) is 4.74 Å². The summed E-state index contributed by atoms with van der Waals surface area (Å²) in [5, 5.41) is 3.29. The maximum atomic E-state index is 12.9. The Morgan fingerprint density at radius 2 is 1.91 bits per heavy atom. The molecule has 0 aromatic heterocycles. The molecule has 4 nitrogen and oxygen atoms in total. The van der Waals surface area contributed by atoms with Crippen molar-refractivity contribution in [2.45, 2.75) is 33.2 Å². The van der Waals surface area contributed by atoms with Crippen molar-refractivity contribution in [3.05, 3.63) is 35.6 Å². The molecular formula is C17H29FIN3O. The molecule has 0 heterocycles. The highest BCUT2D eigenvalue weighted by Crippen LogP contribution is 2.06. The number of guanidine groups is 1. The quantitative estimate of drug-likeness (QED) is 0.277. The molecule has 1 rings (SSSR count). The molecule has 0 atom stereocenters. The average molecular weight is 437 g/mol. The van der Waals surface area contributed by atoms with Crippen LogP contribution in [0.25, 0.3) is 0 Å². The number of aliphatic imine (C=N–C) groups is 1. The van der Waals surface area contributed by atoms with Crippen molar-refractivity contribution in [2.75, 3.05) is 33.4 Å². The predicted octanol–water partition coefficient (Wildman–Crippen LogP) is 3.66. The van der Waals surface area contributed by atoms with Crippen LogP contribution in [0.3, 0.4) is 0 Å². The summed E-state index contributed by atoms with van der Waals surface area (Å²) in [4.78, 5) is 6.68. The Bertz CT molecular complexity index is 440. The minimum Gasteiger partial charge on any atom is -0.382 e. The Morgan fingerprint density at radius 3 is 2.52 bits per heavy atom. The van der Waals surface area contributed by atoms with Gasteiger partial charge in [-0.15, -0.1) is 24.0 Å². The number of ether oxygens (including phenoxy) is 1. The highest BCUT2D eigenvalue weighted by atomic mass is 127. The standard InChI is InChI=1S/C17H28FN3O.HI/c1-4-19-17(20-12-6-7-13-22-5-2)21(3)14-15-8-10-16(18)11-9-15;/h8-11H,4-7,12-14H2,1-3H3,(H,19,20);1H. The highest BCUT2D eigenvalue weighted by molar-refractivity contribution is 14.0. The minimum absolute atomic E-state index is 0. The van der Waals surface area contributed by atoms with Gasteiger partial charge in [-0.2, -0.15) is 0 Å². The van der Waals surface area contributed by atoms with Crippen LogP contribution < -0.4 is 5.32 Å². The van der Waals surface area contributed by atoms with Gasteiger partial charge < -0.3 is 15.0 Å². The lowest BCUT2D eigenvalue weighted by Crippen LogP contribution is -2.38. The maximum absolute atomic E-state index is 12.9. The Labute approximate surface area is 156 Å². The van der Waals surface area contributed by atoms with Crippen LogP contribution in [0.15, 0.2) is 29.3 Å². The number of rotatable bonds is 9. The van der Waals surface area contributed by atoms with Crippen LogP contribution in [-0.2, 0) is 11.3 Å². The number of nitrogens with one attached hydrogen (secondary N) is 1. The first kappa shape index (κ1) is 22.1. The summed E-state index contributed by atoms with van der Waals surface area (Å²) in [7, 11) is 1.99. The molecule has 1 aromatic rings. The van der Waals surface area contributed by atoms with Crippen molar-refractivity contribution in [3.63, 3.8) is 0 Å². The van der Waals surface area contributed by atoms with Crippen LogP contribution in [0.5, 0.6) is 0 Å². The van der Waals surface area contributed by atoms with E-state index in [2.05, 4.69) is 22.1 Å². The van der Waals surface area contributed by atoms with Crippen LogP contribution in [0.2, 0.25) is 0 Å². The van der Waals surface area contributed by atoms with Crippen LogP contribution in [0, 0.1) is 5.82 Å². The molecule has 0 radical (unpaired) electrons. The van der Waals surface area contributed by atoms with E-state index >= 15 is 0 Å². The van der Waals surface area contributed by atoms with E-state index in [1.54, 1.807) is 12.1 Å². The number of hydrogen-bond acceptors (Lipinski definition) is 2. The third kappa shape index (κ3) is 9.76. The molecule has 1 N–H and O–H groups in total. The van der Waals surface area contributed by atoms with Crippen molar-refractivity contribution in [1.82, 2.24) is 10.2 Å². The second kappa shape index (κ2) is 13.5. The second-order valence-electron chi connectivity index (χ2n) is 5.12. The zero-order valence-electron chi connectivity index (χ0n) is 14.3. The first-order valence-corrected chi connectivity index (χ1v) is 7.99. The van der Waals surface area contributed by atoms with Gasteiger partial charge in [0, 0.05) is 39.9 Å². The van der Waals surface area contributed by atoms with Gasteiger partial charge in [-0.1, -0.05) is 12.1 Å². The molecule has 1 aromatic carbocycles. The normalized spacial score (nSPS) is 11.0. The first-order valence-electron chi connectivity index (χ1n) is 7.99. The molecule has 0 amide bonds. The molecule has 0 saturated carbocycles. The summed E-state index contributed by atoms with van der Waals surface area (Å²) < 4.78 is 18.3. The Hall–Kier alpha value is -0.890. The fourth-order valence-corrected chi connectivity index (χ4v) is 2.05. The lowest BCUT2D eigenvalue weighted by molar-refractivity contribution is 0.144. The topological polar surface area (TPSA) is 36.9 Å². The largest absolute Gasteiger partial charge is 0.382 e. The minimum atomic E-state index is -0.207. The van der Waals surface area contributed by atoms with Crippen LogP contribution >= 0.6 is 24.0 Å². The third-order valence-corrected chi connectivity index (χ3v) is 3.19. The molecule has 0 fully saturated rings. The number of nitrogens with zero attached hydrogens (tertiary/aromatic N) is 2. The molecule has 0 aliphatic carbocycles. The number of unbranched alkanes of at least 4 members (excludes halogenated alkanes) is 1. The van der Waals surface area contributed by atoms with Crippen molar-refractivity contribution in [2.24, 2.45) is 4.99 Å². The van der Waals surface area contributed by atoms with E-state index in [0.29, 0.717) is 6.54 Å². The Morgan fingerprint density at radius 1 is 1.22 bits per heavy atom. The predicted molar refractivity (Wildman–Crippen MR) is 105 cm³/mol. The van der Waals surface area contributed by atoms with Crippen molar-refractivity contribution >= 4 is 29.9 Å². The van der Waals surface area contributed by atoms with Gasteiger partial charge in [0.25, 0.3) is 0 Å². The lowest BCUT2D eigenvalue weighted by Gasteiger charge is -2.22. The number of halogens is 2. The number of benzene rings is 1. The Kier molecular flexibility index (Phi) is 13.0. The van der Waals surface area contributed by atoms with Crippen LogP contribution in [0.1, 0.15) is 32.3 Å². The first-order chi connectivity index (χ1) is 10.7. The summed E-state index contributed by atoms with van der Waals surface area (Å²) >= 11 is 0. The van der Waals surface area contributed by atoms with Crippen LogP contribution in [0.4, 0.5) is 4.39 Å². The molecule has 0 spiro atoms. The van der Waals surface area contributed by atoms with Gasteiger partial charge in [0.1, 0.15) is 5.82 Å². The van der Waals surface area contributed by atoms with Gasteiger partial charge in [0.05, 0.1) is 0 Å². The van der Waals surface area contributed by atoms with E-state index in [0.717, 1.165) is 50.7 Å². The van der Waals surface area contributed by atoms with Crippen molar-refractivity contribution in [1.29, 1.82) is 0 Å². The molecule has 0 unspecified atom stereocenters. The van der Waals surface area contributed by atoms with Gasteiger partial charge in [-0.05, 0) is 44.4 Å². The second-order valence-corrected chi connectivity index (χ2v) is 5.12. The Balaban J connectivity index is 0.00000484. The zero-order valence-corrected chi connectivity index (χ0v) is 16.7. The van der Waals surface area contributed by atoms with Crippen molar-refractivity contribution < 1.29 is 9.13 Å². The van der Waals surface area contributed by atoms with Gasteiger partial charge >= 0.3 is 0 Å². The van der Waals surface area contributed by atoms with Gasteiger partial charge in [0.2, 0.25) is 0 Å². The van der Waals surface area contributed by atoms with Gasteiger partial charge in [0.15, 0.2) is 5.96 Å². The molecule has 0 saturated heterocycles. The summed E-state index contributed by atoms with van der Waals surface area (Å²) in [6, 6.07) is 6.58. The van der Waals surface area contributed by atoms with Crippen molar-refractivity contribution in [3.8, 4) is 0 Å². The SMILES string of the molecule is CCNC(=NCCCCOCC)N(C)Cc1ccc(F)cc1.I. The zero-order chi connectivity index (χ0) is 16.2. The summed E-state index contributed by atoms with van der Waals surface area (Å²) in [6.07, 6.45) is 2.04. The molecule has 0 aliphatic rings. The van der Waals surface area contributed by atoms with Crippen LogP contribution in [-0.4, -0.2) is 44.2 Å². The maximum Gasteiger partial charge on any atom is 0.193 e. The van der Waals surface area contributed by atoms with E-state index < -0.39 is 0 Å². The van der Waals surface area contributed by atoms with E-state index in [1.165, 1.54) is 12.1 Å². The van der Waals surface area contributed by atoms with Gasteiger partial charge in [-0.25, -0.2) is 4.39 Å². The molecule has 23 heavy (non-hydrogen) atoms. The highest BCUT2D eigenvalue weighted by Gasteiger charge is 2.06. The monoisotopic (exact) mass is 437 g/mol. The molecule has 132 valence electrons. The smallest absolute Gasteiger partial charge is 0.193 e. The number of hydrogen-bond donors (Lipinski definition) is 1. The average Bonchev–Trinajstić information content (AvgIpc) is 2.51. The van der Waals surface area contributed by atoms with E-state index in [-0.39, 0.29) is 29.8 Å². The fourth-order valence-electron chi connectivity index (χ4n) is 2.05. The summed E-state index contributed by atoms with van der Waals surface area (Å²) in [5.41, 5.74) is 1.06. The fraction of sp³-hybridized carbons (Fsp3) is 0.588. The van der Waals surface area contributed by atoms with E-state index in [9.17, 15) is 4.39 Å². The lowest BCUT2D eigenvalue weighted by atomic mass is 10.2. The molecular weight excluding hydrogens is 408 g/mol. The molecule has 6 heteroatoms. The summed E-state index contributed by atoms with van der Waals surface area (Å²) in [5.74, 6) is 0.671. The van der Waals surface area contributed by atoms with E-state index in [1.807, 2.05) is 14.0 Å². The molecule has 0 aliphatic heterocycles. The third-order valence-electron chi connectivity index (χ3n) is 3.19. The summed E-state index contributed by atoms with van der Waals surface area (Å²) in [6.45, 7) is 7.93.